The predicted octanol–water partition coefficient (Wildman–Crippen LogP) is 1.92. The van der Waals surface area contributed by atoms with E-state index in [1.54, 1.807) is 17.8 Å². The smallest absolute Gasteiger partial charge is 0.309 e. The minimum Gasteiger partial charge on any atom is -0.466 e. The Morgan fingerprint density at radius 1 is 1.21 bits per heavy atom. The minimum absolute atomic E-state index is 0.0831. The summed E-state index contributed by atoms with van der Waals surface area (Å²) in [6, 6.07) is 1.80. The van der Waals surface area contributed by atoms with Gasteiger partial charge in [-0.05, 0) is 46.1 Å². The number of aryl methyl sites for hydroxylation is 4. The van der Waals surface area contributed by atoms with Crippen molar-refractivity contribution in [3.05, 3.63) is 34.4 Å². The molecule has 0 aromatic carbocycles. The minimum atomic E-state index is -0.162. The average molecular weight is 387 g/mol. The summed E-state index contributed by atoms with van der Waals surface area (Å²) >= 11 is 0. The zero-order chi connectivity index (χ0) is 20.6. The number of aromatic nitrogens is 4. The molecule has 0 bridgehead atoms. The molecule has 1 amide bonds. The first kappa shape index (κ1) is 20.1. The third-order valence-corrected chi connectivity index (χ3v) is 5.48. The summed E-state index contributed by atoms with van der Waals surface area (Å²) in [5, 5.41) is 8.77. The molecule has 8 heteroatoms. The fraction of sp³-hybridized carbons (Fsp3) is 0.600. The van der Waals surface area contributed by atoms with Gasteiger partial charge in [-0.15, -0.1) is 0 Å². The van der Waals surface area contributed by atoms with Crippen LogP contribution in [-0.2, 0) is 30.2 Å². The topological polar surface area (TPSA) is 82.2 Å². The van der Waals surface area contributed by atoms with Gasteiger partial charge in [0.05, 0.1) is 23.9 Å². The third kappa shape index (κ3) is 3.95. The average Bonchev–Trinajstić information content (AvgIpc) is 3.26. The first-order valence-electron chi connectivity index (χ1n) is 9.68. The number of esters is 1. The van der Waals surface area contributed by atoms with Crippen LogP contribution in [0.4, 0.5) is 0 Å². The molecular weight excluding hydrogens is 358 g/mol. The van der Waals surface area contributed by atoms with Crippen molar-refractivity contribution in [1.29, 1.82) is 0 Å². The maximum atomic E-state index is 13.3. The van der Waals surface area contributed by atoms with Crippen LogP contribution < -0.4 is 0 Å². The van der Waals surface area contributed by atoms with E-state index in [4.69, 9.17) is 4.74 Å². The van der Waals surface area contributed by atoms with Crippen LogP contribution in [-0.4, -0.2) is 49.5 Å². The molecule has 1 fully saturated rings. The van der Waals surface area contributed by atoms with Gasteiger partial charge in [-0.2, -0.15) is 10.2 Å². The van der Waals surface area contributed by atoms with Crippen LogP contribution >= 0.6 is 0 Å². The van der Waals surface area contributed by atoms with Crippen molar-refractivity contribution in [3.63, 3.8) is 0 Å². The van der Waals surface area contributed by atoms with Gasteiger partial charge in [0, 0.05) is 38.4 Å². The fourth-order valence-electron chi connectivity index (χ4n) is 3.70. The van der Waals surface area contributed by atoms with Crippen molar-refractivity contribution in [2.24, 2.45) is 25.9 Å². The Morgan fingerprint density at radius 3 is 2.46 bits per heavy atom. The van der Waals surface area contributed by atoms with Crippen LogP contribution in [0.2, 0.25) is 0 Å². The van der Waals surface area contributed by atoms with Crippen molar-refractivity contribution < 1.29 is 14.3 Å². The number of carbonyl (C=O) groups excluding carboxylic acids is 2. The molecule has 2 atom stereocenters. The van der Waals surface area contributed by atoms with Crippen LogP contribution in [0.25, 0.3) is 0 Å². The van der Waals surface area contributed by atoms with E-state index in [1.807, 2.05) is 44.3 Å². The van der Waals surface area contributed by atoms with E-state index in [9.17, 15) is 9.59 Å². The lowest BCUT2D eigenvalue weighted by Gasteiger charge is -2.23. The predicted molar refractivity (Wildman–Crippen MR) is 104 cm³/mol. The quantitative estimate of drug-likeness (QED) is 0.678. The van der Waals surface area contributed by atoms with Crippen LogP contribution in [0.15, 0.2) is 6.07 Å². The molecule has 3 rings (SSSR count). The van der Waals surface area contributed by atoms with Crippen molar-refractivity contribution in [3.8, 4) is 0 Å². The molecule has 28 heavy (non-hydrogen) atoms. The van der Waals surface area contributed by atoms with Crippen LogP contribution in [0.5, 0.6) is 0 Å². The maximum Gasteiger partial charge on any atom is 0.309 e. The van der Waals surface area contributed by atoms with E-state index in [0.717, 1.165) is 29.1 Å². The molecule has 0 saturated heterocycles. The molecule has 8 nitrogen and oxygen atoms in total. The van der Waals surface area contributed by atoms with Gasteiger partial charge in [-0.3, -0.25) is 19.0 Å². The van der Waals surface area contributed by atoms with E-state index < -0.39 is 0 Å². The monoisotopic (exact) mass is 387 g/mol. The van der Waals surface area contributed by atoms with Crippen LogP contribution in [0, 0.1) is 32.6 Å². The number of carbonyl (C=O) groups is 2. The highest BCUT2D eigenvalue weighted by Crippen LogP contribution is 2.40. The highest BCUT2D eigenvalue weighted by Gasteiger charge is 2.45. The lowest BCUT2D eigenvalue weighted by atomic mass is 10.1. The summed E-state index contributed by atoms with van der Waals surface area (Å²) < 4.78 is 8.58. The Morgan fingerprint density at radius 2 is 1.93 bits per heavy atom. The van der Waals surface area contributed by atoms with E-state index in [1.165, 1.54) is 0 Å². The molecule has 2 aromatic heterocycles. The maximum absolute atomic E-state index is 13.3. The van der Waals surface area contributed by atoms with Crippen LogP contribution in [0.1, 0.15) is 46.5 Å². The zero-order valence-electron chi connectivity index (χ0n) is 17.5. The number of hydrogen-bond acceptors (Lipinski definition) is 5. The van der Waals surface area contributed by atoms with Crippen molar-refractivity contribution in [1.82, 2.24) is 24.5 Å². The van der Waals surface area contributed by atoms with Crippen molar-refractivity contribution >= 4 is 11.9 Å². The Labute approximate surface area is 165 Å². The molecule has 1 aliphatic rings. The van der Waals surface area contributed by atoms with E-state index in [-0.39, 0.29) is 23.7 Å². The molecule has 1 aliphatic carbocycles. The van der Waals surface area contributed by atoms with Crippen molar-refractivity contribution in [2.45, 2.75) is 40.7 Å². The van der Waals surface area contributed by atoms with E-state index >= 15 is 0 Å². The Kier molecular flexibility index (Phi) is 5.58. The standard InChI is InChI=1S/C20H29N5O3/c1-7-28-20(27)16-9-15(16)10-25(11-17-13(3)22-23(5)14(17)4)19(26)18-8-12(2)21-24(18)6/h8,15-16H,7,9-11H2,1-6H3/t15-,16+/m1/s1. The molecule has 0 aliphatic heterocycles. The zero-order valence-corrected chi connectivity index (χ0v) is 17.5. The number of hydrogen-bond donors (Lipinski definition) is 0. The lowest BCUT2D eigenvalue weighted by Crippen LogP contribution is -2.34. The van der Waals surface area contributed by atoms with Gasteiger partial charge in [0.15, 0.2) is 0 Å². The van der Waals surface area contributed by atoms with Gasteiger partial charge < -0.3 is 9.64 Å². The normalized spacial score (nSPS) is 18.2. The fourth-order valence-corrected chi connectivity index (χ4v) is 3.70. The Balaban J connectivity index is 1.83. The summed E-state index contributed by atoms with van der Waals surface area (Å²) in [6.45, 7) is 8.99. The molecular formula is C20H29N5O3. The molecule has 0 spiro atoms. The largest absolute Gasteiger partial charge is 0.466 e. The molecule has 0 unspecified atom stereocenters. The highest BCUT2D eigenvalue weighted by atomic mass is 16.5. The summed E-state index contributed by atoms with van der Waals surface area (Å²) in [5.74, 6) is -0.223. The first-order valence-corrected chi connectivity index (χ1v) is 9.68. The van der Waals surface area contributed by atoms with Crippen LogP contribution in [0.3, 0.4) is 0 Å². The molecule has 1 saturated carbocycles. The Bertz CT molecular complexity index is 898. The van der Waals surface area contributed by atoms with Gasteiger partial charge in [-0.25, -0.2) is 0 Å². The van der Waals surface area contributed by atoms with E-state index in [0.29, 0.717) is 25.4 Å². The summed E-state index contributed by atoms with van der Waals surface area (Å²) in [7, 11) is 3.68. The molecule has 2 aromatic rings. The number of ether oxygens (including phenoxy) is 1. The number of rotatable bonds is 7. The van der Waals surface area contributed by atoms with Gasteiger partial charge in [0.2, 0.25) is 0 Å². The van der Waals surface area contributed by atoms with Gasteiger partial charge in [0.25, 0.3) is 5.91 Å². The molecule has 2 heterocycles. The second-order valence-corrected chi connectivity index (χ2v) is 7.61. The highest BCUT2D eigenvalue weighted by molar-refractivity contribution is 5.92. The lowest BCUT2D eigenvalue weighted by molar-refractivity contribution is -0.145. The molecule has 0 radical (unpaired) electrons. The summed E-state index contributed by atoms with van der Waals surface area (Å²) in [5.41, 5.74) is 4.34. The second kappa shape index (κ2) is 7.77. The summed E-state index contributed by atoms with van der Waals surface area (Å²) in [6.07, 6.45) is 0.762. The summed E-state index contributed by atoms with van der Waals surface area (Å²) in [4.78, 5) is 27.1. The van der Waals surface area contributed by atoms with Gasteiger partial charge >= 0.3 is 5.97 Å². The molecule has 0 N–H and O–H groups in total. The van der Waals surface area contributed by atoms with Crippen molar-refractivity contribution in [2.75, 3.05) is 13.2 Å². The second-order valence-electron chi connectivity index (χ2n) is 7.61. The molecule has 152 valence electrons. The first-order chi connectivity index (χ1) is 13.2. The SMILES string of the molecule is CCOC(=O)[C@H]1C[C@@H]1CN(Cc1c(C)nn(C)c1C)C(=O)c1cc(C)nn1C. The Hall–Kier alpha value is -2.64. The third-order valence-electron chi connectivity index (χ3n) is 5.48. The van der Waals surface area contributed by atoms with Gasteiger partial charge in [0.1, 0.15) is 5.69 Å². The number of nitrogens with zero attached hydrogens (tertiary/aromatic N) is 5. The number of amides is 1. The van der Waals surface area contributed by atoms with E-state index in [2.05, 4.69) is 10.2 Å². The van der Waals surface area contributed by atoms with Gasteiger partial charge in [-0.1, -0.05) is 0 Å².